The van der Waals surface area contributed by atoms with Gasteiger partial charge in [0, 0.05) is 60.0 Å². The molecule has 0 spiro atoms. The molecule has 44 heavy (non-hydrogen) atoms. The maximum absolute atomic E-state index is 6.06. The Morgan fingerprint density at radius 3 is 2.14 bits per heavy atom. The third kappa shape index (κ3) is 9.82. The quantitative estimate of drug-likeness (QED) is 0.120. The van der Waals surface area contributed by atoms with Crippen molar-refractivity contribution in [1.82, 2.24) is 15.1 Å². The Morgan fingerprint density at radius 1 is 0.727 bits per heavy atom. The van der Waals surface area contributed by atoms with Gasteiger partial charge in [-0.2, -0.15) is 0 Å². The second-order valence-corrected chi connectivity index (χ2v) is 13.9. The van der Waals surface area contributed by atoms with Crippen LogP contribution in [-0.4, -0.2) is 87.7 Å². The molecule has 2 heterocycles. The van der Waals surface area contributed by atoms with Gasteiger partial charge in [-0.15, -0.1) is 11.8 Å². The average molecular weight is 635 g/mol. The van der Waals surface area contributed by atoms with Crippen molar-refractivity contribution in [2.45, 2.75) is 60.3 Å². The molecule has 3 aromatic carbocycles. The molecular formula is C36H50N4O2S2. The summed E-state index contributed by atoms with van der Waals surface area (Å²) in [5.41, 5.74) is 2.70. The Morgan fingerprint density at radius 2 is 1.41 bits per heavy atom. The Hall–Kier alpha value is -2.36. The van der Waals surface area contributed by atoms with E-state index in [1.807, 2.05) is 47.8 Å². The molecule has 0 aromatic heterocycles. The van der Waals surface area contributed by atoms with E-state index in [2.05, 4.69) is 82.6 Å². The first kappa shape index (κ1) is 33.0. The minimum atomic E-state index is 0.565. The van der Waals surface area contributed by atoms with Gasteiger partial charge in [0.05, 0.1) is 18.0 Å². The average Bonchev–Trinajstić information content (AvgIpc) is 3.05. The number of piperazine rings is 1. The van der Waals surface area contributed by atoms with E-state index < -0.39 is 0 Å². The van der Waals surface area contributed by atoms with Gasteiger partial charge in [0.1, 0.15) is 18.1 Å². The number of unbranched alkanes of at least 4 members (excludes halogenated alkanes) is 2. The van der Waals surface area contributed by atoms with Crippen LogP contribution in [0.1, 0.15) is 39.5 Å². The van der Waals surface area contributed by atoms with Crippen LogP contribution in [0, 0.1) is 0 Å². The lowest BCUT2D eigenvalue weighted by atomic mass is 10.2. The summed E-state index contributed by atoms with van der Waals surface area (Å²) in [6.07, 6.45) is 6.79. The maximum atomic E-state index is 6.06. The van der Waals surface area contributed by atoms with Crippen LogP contribution in [0.4, 0.5) is 11.4 Å². The molecule has 5 rings (SSSR count). The first-order valence-corrected chi connectivity index (χ1v) is 18.4. The van der Waals surface area contributed by atoms with Crippen LogP contribution < -0.4 is 19.7 Å². The molecule has 2 aliphatic rings. The number of nitrogens with zero attached hydrogens (tertiary/aromatic N) is 3. The summed E-state index contributed by atoms with van der Waals surface area (Å²) in [6.45, 7) is 14.6. The van der Waals surface area contributed by atoms with Gasteiger partial charge in [0.2, 0.25) is 0 Å². The van der Waals surface area contributed by atoms with E-state index in [0.29, 0.717) is 12.6 Å². The van der Waals surface area contributed by atoms with E-state index in [1.165, 1.54) is 38.9 Å². The molecule has 1 saturated heterocycles. The third-order valence-electron chi connectivity index (χ3n) is 8.30. The first-order chi connectivity index (χ1) is 21.6. The summed E-state index contributed by atoms with van der Waals surface area (Å²) in [6, 6.07) is 24.4. The second-order valence-electron chi connectivity index (χ2n) is 11.9. The van der Waals surface area contributed by atoms with E-state index in [9.17, 15) is 0 Å². The van der Waals surface area contributed by atoms with Gasteiger partial charge in [-0.05, 0) is 99.6 Å². The summed E-state index contributed by atoms with van der Waals surface area (Å²) < 4.78 is 12.0. The van der Waals surface area contributed by atoms with Crippen LogP contribution in [0.2, 0.25) is 0 Å². The van der Waals surface area contributed by atoms with Crippen molar-refractivity contribution in [3.63, 3.8) is 0 Å². The molecule has 0 saturated carbocycles. The van der Waals surface area contributed by atoms with E-state index in [1.54, 1.807) is 0 Å². The van der Waals surface area contributed by atoms with Gasteiger partial charge >= 0.3 is 0 Å². The van der Waals surface area contributed by atoms with Crippen LogP contribution in [0.15, 0.2) is 81.4 Å². The molecule has 6 nitrogen and oxygen atoms in total. The molecule has 238 valence electrons. The van der Waals surface area contributed by atoms with Gasteiger partial charge in [-0.3, -0.25) is 4.90 Å². The molecule has 0 amide bonds. The predicted molar refractivity (Wildman–Crippen MR) is 188 cm³/mol. The maximum Gasteiger partial charge on any atom is 0.119 e. The molecule has 1 fully saturated rings. The fraction of sp³-hybridized carbons (Fsp3) is 0.500. The summed E-state index contributed by atoms with van der Waals surface area (Å²) in [7, 11) is 0. The van der Waals surface area contributed by atoms with Gasteiger partial charge in [0.15, 0.2) is 0 Å². The predicted octanol–water partition coefficient (Wildman–Crippen LogP) is 7.65. The van der Waals surface area contributed by atoms with Crippen molar-refractivity contribution in [2.75, 3.05) is 76.7 Å². The molecule has 0 unspecified atom stereocenters. The standard InChI is InChI=1S/C36H50N4O2S2/c1-29(2)37-18-7-4-8-26-41-30-12-14-31(15-13-30)42-27-25-39-23-21-38(22-24-39)19-9-20-40-33-10-5-6-11-35(33)44-36-17-16-32(43-3)28-34(36)40/h5-6,10-17,28-29,37H,4,7-9,18-27H2,1-3H3. The minimum Gasteiger partial charge on any atom is -0.494 e. The number of rotatable bonds is 17. The highest BCUT2D eigenvalue weighted by atomic mass is 32.2. The molecule has 0 atom stereocenters. The van der Waals surface area contributed by atoms with Gasteiger partial charge < -0.3 is 24.6 Å². The lowest BCUT2D eigenvalue weighted by molar-refractivity contribution is 0.116. The summed E-state index contributed by atoms with van der Waals surface area (Å²) >= 11 is 3.71. The fourth-order valence-corrected chi connectivity index (χ4v) is 7.28. The summed E-state index contributed by atoms with van der Waals surface area (Å²) in [4.78, 5) is 11.7. The lowest BCUT2D eigenvalue weighted by Gasteiger charge is -2.36. The Bertz CT molecular complexity index is 1280. The molecule has 8 heteroatoms. The zero-order chi connectivity index (χ0) is 30.6. The number of nitrogens with one attached hydrogen (secondary N) is 1. The van der Waals surface area contributed by atoms with Crippen LogP contribution in [0.3, 0.4) is 0 Å². The van der Waals surface area contributed by atoms with Crippen molar-refractivity contribution in [3.8, 4) is 11.5 Å². The minimum absolute atomic E-state index is 0.565. The molecule has 1 N–H and O–H groups in total. The zero-order valence-electron chi connectivity index (χ0n) is 26.8. The lowest BCUT2D eigenvalue weighted by Crippen LogP contribution is -2.47. The van der Waals surface area contributed by atoms with Crippen molar-refractivity contribution >= 4 is 34.9 Å². The monoisotopic (exact) mass is 634 g/mol. The number of benzene rings is 3. The van der Waals surface area contributed by atoms with Gasteiger partial charge in [-0.1, -0.05) is 37.7 Å². The van der Waals surface area contributed by atoms with Crippen LogP contribution in [0.25, 0.3) is 0 Å². The van der Waals surface area contributed by atoms with Gasteiger partial charge in [-0.25, -0.2) is 0 Å². The Balaban J connectivity index is 0.968. The molecular weight excluding hydrogens is 585 g/mol. The van der Waals surface area contributed by atoms with Crippen molar-refractivity contribution in [2.24, 2.45) is 0 Å². The van der Waals surface area contributed by atoms with Gasteiger partial charge in [0.25, 0.3) is 0 Å². The highest BCUT2D eigenvalue weighted by Gasteiger charge is 2.24. The number of hydrogen-bond donors (Lipinski definition) is 1. The van der Waals surface area contributed by atoms with Crippen LogP contribution >= 0.6 is 23.5 Å². The Kier molecular flexibility index (Phi) is 13.0. The van der Waals surface area contributed by atoms with E-state index in [-0.39, 0.29) is 0 Å². The normalized spacial score (nSPS) is 15.3. The summed E-state index contributed by atoms with van der Waals surface area (Å²) in [5, 5.41) is 3.46. The molecule has 0 aliphatic carbocycles. The molecule has 0 bridgehead atoms. The number of ether oxygens (including phenoxy) is 2. The largest absolute Gasteiger partial charge is 0.494 e. The number of para-hydroxylation sites is 1. The number of anilines is 2. The highest BCUT2D eigenvalue weighted by molar-refractivity contribution is 8.00. The Labute approximate surface area is 273 Å². The topological polar surface area (TPSA) is 40.2 Å². The smallest absolute Gasteiger partial charge is 0.119 e. The second kappa shape index (κ2) is 17.4. The van der Waals surface area contributed by atoms with Crippen molar-refractivity contribution < 1.29 is 9.47 Å². The number of thioether (sulfide) groups is 1. The third-order valence-corrected chi connectivity index (χ3v) is 10.2. The SMILES string of the molecule is CSc1ccc2c(c1)N(CCCN1CCN(CCOc3ccc(OCCCCCNC(C)C)cc3)CC1)c1ccccc1S2. The van der Waals surface area contributed by atoms with Crippen molar-refractivity contribution in [1.29, 1.82) is 0 Å². The fourth-order valence-electron chi connectivity index (χ4n) is 5.78. The highest BCUT2D eigenvalue weighted by Crippen LogP contribution is 2.48. The zero-order valence-corrected chi connectivity index (χ0v) is 28.4. The molecule has 2 aliphatic heterocycles. The molecule has 0 radical (unpaired) electrons. The summed E-state index contributed by atoms with van der Waals surface area (Å²) in [5.74, 6) is 1.84. The first-order valence-electron chi connectivity index (χ1n) is 16.4. The van der Waals surface area contributed by atoms with E-state index in [4.69, 9.17) is 9.47 Å². The van der Waals surface area contributed by atoms with Crippen molar-refractivity contribution in [3.05, 3.63) is 66.7 Å². The number of hydrogen-bond acceptors (Lipinski definition) is 8. The number of fused-ring (bicyclic) bond motifs is 2. The van der Waals surface area contributed by atoms with E-state index >= 15 is 0 Å². The van der Waals surface area contributed by atoms with Crippen LogP contribution in [-0.2, 0) is 0 Å². The van der Waals surface area contributed by atoms with Crippen LogP contribution in [0.5, 0.6) is 11.5 Å². The van der Waals surface area contributed by atoms with E-state index in [0.717, 1.165) is 83.3 Å². The molecule has 3 aromatic rings.